The maximum atomic E-state index is 4.26. The van der Waals surface area contributed by atoms with E-state index in [2.05, 4.69) is 66.4 Å². The van der Waals surface area contributed by atoms with E-state index in [-0.39, 0.29) is 0 Å². The number of aromatic nitrogens is 1. The summed E-state index contributed by atoms with van der Waals surface area (Å²) in [4.78, 5) is 6.52. The van der Waals surface area contributed by atoms with Crippen molar-refractivity contribution in [3.63, 3.8) is 0 Å². The molecule has 0 atom stereocenters. The lowest BCUT2D eigenvalue weighted by atomic mass is 10.1. The van der Waals surface area contributed by atoms with Crippen LogP contribution in [-0.4, -0.2) is 18.6 Å². The topological polar surface area (TPSA) is 28.2 Å². The molecule has 0 aliphatic carbocycles. The number of anilines is 1. The van der Waals surface area contributed by atoms with Gasteiger partial charge in [0.25, 0.3) is 0 Å². The molecule has 0 radical (unpaired) electrons. The lowest BCUT2D eigenvalue weighted by molar-refractivity contribution is 0.722. The van der Waals surface area contributed by atoms with E-state index in [1.165, 1.54) is 22.4 Å². The second-order valence-electron chi connectivity index (χ2n) is 5.13. The Balaban J connectivity index is 2.14. The summed E-state index contributed by atoms with van der Waals surface area (Å²) in [5, 5.41) is 3.38. The first kappa shape index (κ1) is 14.5. The first-order chi connectivity index (χ1) is 9.70. The minimum atomic E-state index is 0.881. The van der Waals surface area contributed by atoms with Crippen LogP contribution in [0.3, 0.4) is 0 Å². The summed E-state index contributed by atoms with van der Waals surface area (Å²) in [5.74, 6) is 0. The van der Waals surface area contributed by atoms with Gasteiger partial charge in [-0.1, -0.05) is 36.8 Å². The molecule has 0 saturated carbocycles. The SMILES string of the molecule is CCNCc1ccncc1N(C)Cc1cccc(C)c1. The number of hydrogen-bond donors (Lipinski definition) is 1. The van der Waals surface area contributed by atoms with Crippen molar-refractivity contribution in [2.24, 2.45) is 0 Å². The fourth-order valence-corrected chi connectivity index (χ4v) is 2.34. The number of benzene rings is 1. The minimum Gasteiger partial charge on any atom is -0.369 e. The Morgan fingerprint density at radius 1 is 1.25 bits per heavy atom. The van der Waals surface area contributed by atoms with Crippen molar-refractivity contribution in [3.8, 4) is 0 Å². The molecule has 0 fully saturated rings. The number of nitrogens with one attached hydrogen (secondary N) is 1. The Hall–Kier alpha value is -1.87. The first-order valence-corrected chi connectivity index (χ1v) is 7.11. The van der Waals surface area contributed by atoms with Crippen molar-refractivity contribution in [3.05, 3.63) is 59.4 Å². The third-order valence-electron chi connectivity index (χ3n) is 3.37. The molecule has 0 spiro atoms. The highest BCUT2D eigenvalue weighted by atomic mass is 15.1. The Morgan fingerprint density at radius 3 is 2.85 bits per heavy atom. The number of rotatable bonds is 6. The highest BCUT2D eigenvalue weighted by molar-refractivity contribution is 5.51. The maximum absolute atomic E-state index is 4.26. The lowest BCUT2D eigenvalue weighted by Crippen LogP contribution is -2.21. The molecule has 2 rings (SSSR count). The van der Waals surface area contributed by atoms with Crippen LogP contribution in [-0.2, 0) is 13.1 Å². The van der Waals surface area contributed by atoms with Crippen LogP contribution < -0.4 is 10.2 Å². The Morgan fingerprint density at radius 2 is 2.10 bits per heavy atom. The van der Waals surface area contributed by atoms with Gasteiger partial charge >= 0.3 is 0 Å². The predicted molar refractivity (Wildman–Crippen MR) is 84.9 cm³/mol. The van der Waals surface area contributed by atoms with Crippen LogP contribution in [0.2, 0.25) is 0 Å². The normalized spacial score (nSPS) is 10.6. The van der Waals surface area contributed by atoms with E-state index in [1.54, 1.807) is 0 Å². The van der Waals surface area contributed by atoms with E-state index in [9.17, 15) is 0 Å². The average Bonchev–Trinajstić information content (AvgIpc) is 2.45. The van der Waals surface area contributed by atoms with Crippen molar-refractivity contribution in [2.75, 3.05) is 18.5 Å². The molecular weight excluding hydrogens is 246 g/mol. The van der Waals surface area contributed by atoms with Gasteiger partial charge in [0.05, 0.1) is 11.9 Å². The van der Waals surface area contributed by atoms with Gasteiger partial charge in [-0.15, -0.1) is 0 Å². The van der Waals surface area contributed by atoms with Crippen LogP contribution in [0.15, 0.2) is 42.7 Å². The number of aryl methyl sites for hydroxylation is 1. The quantitative estimate of drug-likeness (QED) is 0.873. The van der Waals surface area contributed by atoms with Gasteiger partial charge in [0.1, 0.15) is 0 Å². The standard InChI is InChI=1S/C17H23N3/c1-4-18-11-16-8-9-19-12-17(16)20(3)13-15-7-5-6-14(2)10-15/h5-10,12,18H,4,11,13H2,1-3H3. The predicted octanol–water partition coefficient (Wildman–Crippen LogP) is 3.14. The van der Waals surface area contributed by atoms with Crippen LogP contribution in [0.4, 0.5) is 5.69 Å². The molecule has 0 saturated heterocycles. The van der Waals surface area contributed by atoms with Crippen LogP contribution in [0.25, 0.3) is 0 Å². The highest BCUT2D eigenvalue weighted by Gasteiger charge is 2.08. The fourth-order valence-electron chi connectivity index (χ4n) is 2.34. The molecule has 2 aromatic rings. The van der Waals surface area contributed by atoms with E-state index < -0.39 is 0 Å². The number of nitrogens with zero attached hydrogens (tertiary/aromatic N) is 2. The smallest absolute Gasteiger partial charge is 0.0598 e. The molecule has 0 amide bonds. The summed E-state index contributed by atoms with van der Waals surface area (Å²) in [6, 6.07) is 10.7. The van der Waals surface area contributed by atoms with Gasteiger partial charge in [0.2, 0.25) is 0 Å². The van der Waals surface area contributed by atoms with E-state index in [0.29, 0.717) is 0 Å². The summed E-state index contributed by atoms with van der Waals surface area (Å²) in [5.41, 5.74) is 5.10. The van der Waals surface area contributed by atoms with Crippen molar-refractivity contribution in [1.82, 2.24) is 10.3 Å². The van der Waals surface area contributed by atoms with Gasteiger partial charge in [-0.3, -0.25) is 4.98 Å². The molecule has 1 aromatic carbocycles. The van der Waals surface area contributed by atoms with Gasteiger partial charge in [-0.2, -0.15) is 0 Å². The van der Waals surface area contributed by atoms with Crippen LogP contribution in [0.1, 0.15) is 23.6 Å². The van der Waals surface area contributed by atoms with Crippen molar-refractivity contribution < 1.29 is 0 Å². The van der Waals surface area contributed by atoms with Gasteiger partial charge < -0.3 is 10.2 Å². The lowest BCUT2D eigenvalue weighted by Gasteiger charge is -2.22. The van der Waals surface area contributed by atoms with Gasteiger partial charge in [-0.05, 0) is 30.7 Å². The summed E-state index contributed by atoms with van der Waals surface area (Å²) < 4.78 is 0. The molecule has 20 heavy (non-hydrogen) atoms. The van der Waals surface area contributed by atoms with E-state index >= 15 is 0 Å². The molecule has 3 heteroatoms. The van der Waals surface area contributed by atoms with Gasteiger partial charge in [0.15, 0.2) is 0 Å². The molecule has 106 valence electrons. The minimum absolute atomic E-state index is 0.881. The van der Waals surface area contributed by atoms with Crippen LogP contribution in [0, 0.1) is 6.92 Å². The molecular formula is C17H23N3. The fraction of sp³-hybridized carbons (Fsp3) is 0.353. The van der Waals surface area contributed by atoms with Gasteiger partial charge in [-0.25, -0.2) is 0 Å². The molecule has 0 bridgehead atoms. The van der Waals surface area contributed by atoms with Crippen molar-refractivity contribution >= 4 is 5.69 Å². The second-order valence-corrected chi connectivity index (χ2v) is 5.13. The number of hydrogen-bond acceptors (Lipinski definition) is 3. The first-order valence-electron chi connectivity index (χ1n) is 7.11. The number of pyridine rings is 1. The summed E-state index contributed by atoms with van der Waals surface area (Å²) in [6.07, 6.45) is 3.80. The summed E-state index contributed by atoms with van der Waals surface area (Å²) >= 11 is 0. The van der Waals surface area contributed by atoms with Crippen LogP contribution in [0.5, 0.6) is 0 Å². The highest BCUT2D eigenvalue weighted by Crippen LogP contribution is 2.20. The Labute approximate surface area is 121 Å². The zero-order valence-electron chi connectivity index (χ0n) is 12.6. The average molecular weight is 269 g/mol. The third-order valence-corrected chi connectivity index (χ3v) is 3.37. The molecule has 1 N–H and O–H groups in total. The van der Waals surface area contributed by atoms with E-state index in [1.807, 2.05) is 12.4 Å². The molecule has 1 aromatic heterocycles. The molecule has 3 nitrogen and oxygen atoms in total. The zero-order chi connectivity index (χ0) is 14.4. The molecule has 0 aliphatic heterocycles. The molecule has 0 aliphatic rings. The molecule has 0 unspecified atom stereocenters. The maximum Gasteiger partial charge on any atom is 0.0598 e. The molecule has 1 heterocycles. The van der Waals surface area contributed by atoms with Crippen molar-refractivity contribution in [2.45, 2.75) is 26.9 Å². The zero-order valence-corrected chi connectivity index (χ0v) is 12.6. The Kier molecular flexibility index (Phi) is 5.13. The Bertz CT molecular complexity index is 551. The van der Waals surface area contributed by atoms with Gasteiger partial charge in [0, 0.05) is 26.3 Å². The second kappa shape index (κ2) is 7.06. The third kappa shape index (κ3) is 3.81. The largest absolute Gasteiger partial charge is 0.369 e. The monoisotopic (exact) mass is 269 g/mol. The van der Waals surface area contributed by atoms with Crippen LogP contribution >= 0.6 is 0 Å². The summed E-state index contributed by atoms with van der Waals surface area (Å²) in [7, 11) is 2.12. The van der Waals surface area contributed by atoms with Crippen molar-refractivity contribution in [1.29, 1.82) is 0 Å². The van der Waals surface area contributed by atoms with E-state index in [4.69, 9.17) is 0 Å². The van der Waals surface area contributed by atoms with E-state index in [0.717, 1.165) is 19.6 Å². The summed E-state index contributed by atoms with van der Waals surface area (Å²) in [6.45, 7) is 7.00.